The second-order valence-electron chi connectivity index (χ2n) is 23.1. The molecule has 458 valence electrons. The van der Waals surface area contributed by atoms with E-state index in [2.05, 4.69) is 93.7 Å². The molecule has 0 amide bonds. The normalized spacial score (nSPS) is 12.5. The van der Waals surface area contributed by atoms with Crippen molar-refractivity contribution >= 4 is 17.9 Å². The molecule has 6 heteroatoms. The van der Waals surface area contributed by atoms with Gasteiger partial charge in [0.05, 0.1) is 0 Å². The molecule has 1 atom stereocenters. The second kappa shape index (κ2) is 67.4. The van der Waals surface area contributed by atoms with Crippen molar-refractivity contribution in [2.75, 3.05) is 13.2 Å². The van der Waals surface area contributed by atoms with Crippen LogP contribution >= 0.6 is 0 Å². The molecule has 0 aliphatic rings. The number of allylic oxidation sites excluding steroid dienone is 12. The minimum Gasteiger partial charge on any atom is -0.462 e. The number of esters is 3. The van der Waals surface area contributed by atoms with Crippen LogP contribution in [0.4, 0.5) is 0 Å². The Kier molecular flexibility index (Phi) is 64.7. The molecule has 0 fully saturated rings. The molecule has 79 heavy (non-hydrogen) atoms. The summed E-state index contributed by atoms with van der Waals surface area (Å²) < 4.78 is 16.9. The largest absolute Gasteiger partial charge is 0.462 e. The van der Waals surface area contributed by atoms with Crippen LogP contribution in [0.25, 0.3) is 0 Å². The van der Waals surface area contributed by atoms with Crippen LogP contribution in [0.15, 0.2) is 72.9 Å². The SMILES string of the molecule is CC/C=C\C/C=C\C/C=C\CCCCCC(=O)OC(COC(=O)CCCCCCC/C=C\C/C=C\CCC)COC(=O)CCCCCCCCCCCCCCCCCCCCCCCCC/C=C\CCCCCCCCCC. The summed E-state index contributed by atoms with van der Waals surface area (Å²) in [6, 6.07) is 0. The van der Waals surface area contributed by atoms with Gasteiger partial charge in [-0.2, -0.15) is 0 Å². The number of hydrogen-bond donors (Lipinski definition) is 0. The zero-order valence-electron chi connectivity index (χ0n) is 52.6. The molecule has 0 spiro atoms. The van der Waals surface area contributed by atoms with Crippen LogP contribution in [-0.2, 0) is 28.6 Å². The molecule has 0 bridgehead atoms. The van der Waals surface area contributed by atoms with Gasteiger partial charge in [-0.25, -0.2) is 0 Å². The van der Waals surface area contributed by atoms with E-state index in [9.17, 15) is 14.4 Å². The van der Waals surface area contributed by atoms with E-state index in [4.69, 9.17) is 14.2 Å². The molecule has 1 unspecified atom stereocenters. The van der Waals surface area contributed by atoms with Gasteiger partial charge in [0.15, 0.2) is 6.10 Å². The van der Waals surface area contributed by atoms with Crippen LogP contribution in [-0.4, -0.2) is 37.2 Å². The Bertz CT molecular complexity index is 1450. The average molecular weight is 1100 g/mol. The highest BCUT2D eigenvalue weighted by molar-refractivity contribution is 5.71. The first-order chi connectivity index (χ1) is 39.0. The molecule has 0 rings (SSSR count). The second-order valence-corrected chi connectivity index (χ2v) is 23.1. The first-order valence-corrected chi connectivity index (χ1v) is 34.4. The van der Waals surface area contributed by atoms with E-state index in [0.717, 1.165) is 116 Å². The summed E-state index contributed by atoms with van der Waals surface area (Å²) in [5.41, 5.74) is 0. The zero-order chi connectivity index (χ0) is 57.1. The Hall–Kier alpha value is -3.15. The molecule has 0 aliphatic heterocycles. The molecular formula is C73H130O6. The van der Waals surface area contributed by atoms with E-state index < -0.39 is 6.10 Å². The van der Waals surface area contributed by atoms with E-state index in [0.29, 0.717) is 19.3 Å². The number of unbranched alkanes of at least 4 members (excludes halogenated alkanes) is 40. The summed E-state index contributed by atoms with van der Waals surface area (Å²) in [5, 5.41) is 0. The molecule has 0 saturated heterocycles. The highest BCUT2D eigenvalue weighted by Gasteiger charge is 2.19. The van der Waals surface area contributed by atoms with Crippen molar-refractivity contribution < 1.29 is 28.6 Å². The highest BCUT2D eigenvalue weighted by atomic mass is 16.6. The third kappa shape index (κ3) is 65.5. The fraction of sp³-hybridized carbons (Fsp3) is 0.795. The van der Waals surface area contributed by atoms with Crippen LogP contribution in [0, 0.1) is 0 Å². The predicted octanol–water partition coefficient (Wildman–Crippen LogP) is 23.7. The monoisotopic (exact) mass is 1100 g/mol. The van der Waals surface area contributed by atoms with Gasteiger partial charge in [0, 0.05) is 19.3 Å². The van der Waals surface area contributed by atoms with E-state index >= 15 is 0 Å². The zero-order valence-corrected chi connectivity index (χ0v) is 52.6. The number of ether oxygens (including phenoxy) is 3. The van der Waals surface area contributed by atoms with Gasteiger partial charge in [0.25, 0.3) is 0 Å². The topological polar surface area (TPSA) is 78.9 Å². The van der Waals surface area contributed by atoms with Crippen molar-refractivity contribution in [3.63, 3.8) is 0 Å². The van der Waals surface area contributed by atoms with Gasteiger partial charge < -0.3 is 14.2 Å². The lowest BCUT2D eigenvalue weighted by Gasteiger charge is -2.18. The van der Waals surface area contributed by atoms with Crippen molar-refractivity contribution in [1.82, 2.24) is 0 Å². The summed E-state index contributed by atoms with van der Waals surface area (Å²) in [5.74, 6) is -0.921. The van der Waals surface area contributed by atoms with Gasteiger partial charge in [-0.15, -0.1) is 0 Å². The van der Waals surface area contributed by atoms with Crippen molar-refractivity contribution in [3.05, 3.63) is 72.9 Å². The fourth-order valence-corrected chi connectivity index (χ4v) is 10.0. The fourth-order valence-electron chi connectivity index (χ4n) is 10.0. The third-order valence-electron chi connectivity index (χ3n) is 15.1. The summed E-state index contributed by atoms with van der Waals surface area (Å²) in [6.45, 7) is 6.46. The minimum absolute atomic E-state index is 0.0893. The lowest BCUT2D eigenvalue weighted by molar-refractivity contribution is -0.167. The Balaban J connectivity index is 4.04. The van der Waals surface area contributed by atoms with Gasteiger partial charge in [0.1, 0.15) is 13.2 Å². The van der Waals surface area contributed by atoms with Gasteiger partial charge >= 0.3 is 17.9 Å². The summed E-state index contributed by atoms with van der Waals surface area (Å²) >= 11 is 0. The van der Waals surface area contributed by atoms with Crippen molar-refractivity contribution in [1.29, 1.82) is 0 Å². The number of carbonyl (C=O) groups excluding carboxylic acids is 3. The summed E-state index contributed by atoms with van der Waals surface area (Å²) in [7, 11) is 0. The van der Waals surface area contributed by atoms with E-state index in [-0.39, 0.29) is 31.1 Å². The number of rotatable bonds is 63. The molecule has 0 aromatic heterocycles. The maximum atomic E-state index is 12.8. The summed E-state index contributed by atoms with van der Waals surface area (Å²) in [4.78, 5) is 38.2. The minimum atomic E-state index is -0.796. The van der Waals surface area contributed by atoms with Crippen LogP contribution < -0.4 is 0 Å². The van der Waals surface area contributed by atoms with E-state index in [1.54, 1.807) is 0 Å². The van der Waals surface area contributed by atoms with Gasteiger partial charge in [0.2, 0.25) is 0 Å². The van der Waals surface area contributed by atoms with Gasteiger partial charge in [-0.3, -0.25) is 14.4 Å². The van der Waals surface area contributed by atoms with Gasteiger partial charge in [-0.05, 0) is 103 Å². The van der Waals surface area contributed by atoms with Crippen LogP contribution in [0.3, 0.4) is 0 Å². The van der Waals surface area contributed by atoms with Crippen LogP contribution in [0.2, 0.25) is 0 Å². The van der Waals surface area contributed by atoms with Crippen molar-refractivity contribution in [3.8, 4) is 0 Å². The molecule has 0 aromatic rings. The lowest BCUT2D eigenvalue weighted by Crippen LogP contribution is -2.30. The maximum absolute atomic E-state index is 12.8. The molecule has 0 aliphatic carbocycles. The third-order valence-corrected chi connectivity index (χ3v) is 15.1. The van der Waals surface area contributed by atoms with Crippen molar-refractivity contribution in [2.24, 2.45) is 0 Å². The molecule has 0 saturated carbocycles. The first-order valence-electron chi connectivity index (χ1n) is 34.4. The molecule has 0 N–H and O–H groups in total. The number of hydrogen-bond acceptors (Lipinski definition) is 6. The highest BCUT2D eigenvalue weighted by Crippen LogP contribution is 2.18. The van der Waals surface area contributed by atoms with Gasteiger partial charge in [-0.1, -0.05) is 306 Å². The molecular weight excluding hydrogens is 973 g/mol. The average Bonchev–Trinajstić information content (AvgIpc) is 3.45. The van der Waals surface area contributed by atoms with Crippen LogP contribution in [0.1, 0.15) is 355 Å². The Morgan fingerprint density at radius 3 is 0.848 bits per heavy atom. The standard InChI is InChI=1S/C73H130O6/c1-4-7-10-13-16-19-22-25-26-27-28-29-30-31-32-33-34-35-36-37-38-39-40-41-42-43-44-45-46-49-51-54-57-60-63-66-72(75)78-69-70(79-73(76)67-64-61-58-55-52-48-24-21-18-15-12-9-6-3)68-77-71(74)65-62-59-56-53-50-47-23-20-17-14-11-8-5-2/h9,11-12,14,18,20-21,23,27-28,48,52,70H,4-8,10,13,15-17,19,22,24-26,29-47,49-51,53-69H2,1-3H3/b12-9-,14-11-,21-18-,23-20-,28-27-,52-48-. The Morgan fingerprint density at radius 2 is 0.519 bits per heavy atom. The molecule has 0 radical (unpaired) electrons. The molecule has 0 heterocycles. The quantitative estimate of drug-likeness (QED) is 0.0261. The molecule has 6 nitrogen and oxygen atoms in total. The van der Waals surface area contributed by atoms with Crippen LogP contribution in [0.5, 0.6) is 0 Å². The Morgan fingerprint density at radius 1 is 0.266 bits per heavy atom. The summed E-state index contributed by atoms with van der Waals surface area (Å²) in [6.07, 6.45) is 88.2. The van der Waals surface area contributed by atoms with E-state index in [1.165, 1.54) is 199 Å². The van der Waals surface area contributed by atoms with Crippen molar-refractivity contribution in [2.45, 2.75) is 361 Å². The van der Waals surface area contributed by atoms with E-state index in [1.807, 2.05) is 0 Å². The molecule has 0 aromatic carbocycles. The predicted molar refractivity (Wildman–Crippen MR) is 344 cm³/mol. The lowest BCUT2D eigenvalue weighted by atomic mass is 10.0. The Labute approximate surface area is 491 Å². The smallest absolute Gasteiger partial charge is 0.306 e. The number of carbonyl (C=O) groups is 3. The first kappa shape index (κ1) is 75.8. The maximum Gasteiger partial charge on any atom is 0.306 e.